The van der Waals surface area contributed by atoms with Gasteiger partial charge in [-0.1, -0.05) is 25.6 Å². The van der Waals surface area contributed by atoms with Crippen molar-refractivity contribution in [1.29, 1.82) is 0 Å². The van der Waals surface area contributed by atoms with Crippen LogP contribution in [0, 0.1) is 5.92 Å². The lowest BCUT2D eigenvalue weighted by Gasteiger charge is -2.22. The number of thiocarbonyl (C=S) groups is 1. The van der Waals surface area contributed by atoms with Gasteiger partial charge in [-0.05, 0) is 12.5 Å². The highest BCUT2D eigenvalue weighted by Crippen LogP contribution is 2.13. The molecule has 0 aliphatic rings. The van der Waals surface area contributed by atoms with Crippen LogP contribution < -0.4 is 5.73 Å². The van der Waals surface area contributed by atoms with E-state index in [0.717, 1.165) is 12.0 Å². The van der Waals surface area contributed by atoms with E-state index in [1.165, 1.54) is 0 Å². The van der Waals surface area contributed by atoms with Gasteiger partial charge in [-0.15, -0.1) is 0 Å². The van der Waals surface area contributed by atoms with Gasteiger partial charge in [-0.3, -0.25) is 4.79 Å². The number of rotatable bonds is 6. The summed E-state index contributed by atoms with van der Waals surface area (Å²) in [6.07, 6.45) is 4.79. The highest BCUT2D eigenvalue weighted by molar-refractivity contribution is 7.80. The quantitative estimate of drug-likeness (QED) is 0.788. The predicted molar refractivity (Wildman–Crippen MR) is 70.4 cm³/mol. The number of hydrogen-bond donors (Lipinski definition) is 1. The first-order valence-electron chi connectivity index (χ1n) is 5.61. The molecule has 0 aliphatic heterocycles. The first-order chi connectivity index (χ1) is 8.06. The molecule has 1 rings (SSSR count). The van der Waals surface area contributed by atoms with Crippen LogP contribution in [0.1, 0.15) is 25.3 Å². The fourth-order valence-corrected chi connectivity index (χ4v) is 1.90. The molecule has 0 saturated carbocycles. The summed E-state index contributed by atoms with van der Waals surface area (Å²) in [6.45, 7) is 2.52. The summed E-state index contributed by atoms with van der Waals surface area (Å²) in [4.78, 5) is 14.0. The molecule has 0 aliphatic carbocycles. The van der Waals surface area contributed by atoms with Crippen molar-refractivity contribution in [2.75, 3.05) is 7.05 Å². The summed E-state index contributed by atoms with van der Waals surface area (Å²) in [5, 5.41) is 0. The molecule has 4 nitrogen and oxygen atoms in total. The Balaban J connectivity index is 2.63. The van der Waals surface area contributed by atoms with Crippen molar-refractivity contribution in [2.24, 2.45) is 11.7 Å². The Morgan fingerprint density at radius 1 is 1.65 bits per heavy atom. The van der Waals surface area contributed by atoms with Crippen LogP contribution in [0.4, 0.5) is 0 Å². The molecule has 0 spiro atoms. The molecule has 1 aromatic rings. The zero-order chi connectivity index (χ0) is 12.8. The van der Waals surface area contributed by atoms with Crippen LogP contribution in [-0.2, 0) is 11.3 Å². The SMILES string of the molecule is CCCC(C(=O)N(C)Cc1ccoc1)C(N)=S. The number of carbonyl (C=O) groups excluding carboxylic acids is 1. The second-order valence-corrected chi connectivity index (χ2v) is 4.54. The number of furan rings is 1. The second-order valence-electron chi connectivity index (χ2n) is 4.07. The lowest BCUT2D eigenvalue weighted by molar-refractivity contribution is -0.132. The summed E-state index contributed by atoms with van der Waals surface area (Å²) in [6, 6.07) is 1.83. The van der Waals surface area contributed by atoms with Gasteiger partial charge in [0, 0.05) is 19.2 Å². The fraction of sp³-hybridized carbons (Fsp3) is 0.500. The maximum atomic E-state index is 12.1. The number of nitrogens with two attached hydrogens (primary N) is 1. The van der Waals surface area contributed by atoms with E-state index < -0.39 is 0 Å². The number of amides is 1. The molecule has 0 aromatic carbocycles. The van der Waals surface area contributed by atoms with Gasteiger partial charge in [-0.2, -0.15) is 0 Å². The maximum absolute atomic E-state index is 12.1. The molecular weight excluding hydrogens is 236 g/mol. The maximum Gasteiger partial charge on any atom is 0.232 e. The highest BCUT2D eigenvalue weighted by Gasteiger charge is 2.23. The van der Waals surface area contributed by atoms with Gasteiger partial charge in [0.2, 0.25) is 5.91 Å². The van der Waals surface area contributed by atoms with E-state index >= 15 is 0 Å². The molecule has 1 amide bonds. The summed E-state index contributed by atoms with van der Waals surface area (Å²) in [5.74, 6) is -0.382. The predicted octanol–water partition coefficient (Wildman–Crippen LogP) is 1.94. The van der Waals surface area contributed by atoms with E-state index in [9.17, 15) is 4.79 Å². The van der Waals surface area contributed by atoms with Gasteiger partial charge in [0.15, 0.2) is 0 Å². The van der Waals surface area contributed by atoms with Crippen molar-refractivity contribution in [1.82, 2.24) is 4.90 Å². The third kappa shape index (κ3) is 3.85. The monoisotopic (exact) mass is 254 g/mol. The van der Waals surface area contributed by atoms with Crippen LogP contribution in [0.15, 0.2) is 23.0 Å². The zero-order valence-electron chi connectivity index (χ0n) is 10.2. The van der Waals surface area contributed by atoms with Crippen molar-refractivity contribution in [3.8, 4) is 0 Å². The topological polar surface area (TPSA) is 59.5 Å². The van der Waals surface area contributed by atoms with Crippen molar-refractivity contribution in [2.45, 2.75) is 26.3 Å². The molecule has 1 aromatic heterocycles. The van der Waals surface area contributed by atoms with E-state index in [4.69, 9.17) is 22.4 Å². The molecule has 0 saturated heterocycles. The molecule has 0 fully saturated rings. The van der Waals surface area contributed by atoms with Crippen LogP contribution >= 0.6 is 12.2 Å². The number of carbonyl (C=O) groups is 1. The van der Waals surface area contributed by atoms with E-state index in [1.54, 1.807) is 24.5 Å². The van der Waals surface area contributed by atoms with E-state index in [1.807, 2.05) is 13.0 Å². The number of nitrogens with zero attached hydrogens (tertiary/aromatic N) is 1. The van der Waals surface area contributed by atoms with Crippen LogP contribution in [-0.4, -0.2) is 22.8 Å². The third-order valence-corrected chi connectivity index (χ3v) is 2.88. The first-order valence-corrected chi connectivity index (χ1v) is 6.02. The molecule has 5 heteroatoms. The van der Waals surface area contributed by atoms with Crippen molar-refractivity contribution >= 4 is 23.1 Å². The van der Waals surface area contributed by atoms with Crippen molar-refractivity contribution in [3.63, 3.8) is 0 Å². The van der Waals surface area contributed by atoms with Gasteiger partial charge < -0.3 is 15.1 Å². The minimum Gasteiger partial charge on any atom is -0.472 e. The fourth-order valence-electron chi connectivity index (χ4n) is 1.68. The Hall–Kier alpha value is -1.36. The first kappa shape index (κ1) is 13.7. The van der Waals surface area contributed by atoms with Gasteiger partial charge in [0.1, 0.15) is 0 Å². The Morgan fingerprint density at radius 3 is 2.82 bits per heavy atom. The van der Waals surface area contributed by atoms with Crippen LogP contribution in [0.2, 0.25) is 0 Å². The molecule has 2 N–H and O–H groups in total. The van der Waals surface area contributed by atoms with E-state index in [0.29, 0.717) is 13.0 Å². The van der Waals surface area contributed by atoms with Gasteiger partial charge >= 0.3 is 0 Å². The Bertz CT molecular complexity index is 376. The minimum atomic E-state index is -0.355. The standard InChI is InChI=1S/C12H18N2O2S/c1-3-4-10(11(13)17)12(15)14(2)7-9-5-6-16-8-9/h5-6,8,10H,3-4,7H2,1-2H3,(H2,13,17). The van der Waals surface area contributed by atoms with Gasteiger partial charge in [-0.25, -0.2) is 0 Å². The van der Waals surface area contributed by atoms with Crippen molar-refractivity contribution in [3.05, 3.63) is 24.2 Å². The average Bonchev–Trinajstić information content (AvgIpc) is 2.77. The van der Waals surface area contributed by atoms with E-state index in [-0.39, 0.29) is 16.8 Å². The summed E-state index contributed by atoms with van der Waals surface area (Å²) < 4.78 is 4.96. The van der Waals surface area contributed by atoms with Crippen LogP contribution in [0.25, 0.3) is 0 Å². The number of hydrogen-bond acceptors (Lipinski definition) is 3. The smallest absolute Gasteiger partial charge is 0.232 e. The van der Waals surface area contributed by atoms with E-state index in [2.05, 4.69) is 0 Å². The van der Waals surface area contributed by atoms with Crippen molar-refractivity contribution < 1.29 is 9.21 Å². The molecule has 1 atom stereocenters. The molecule has 94 valence electrons. The molecular formula is C12H18N2O2S. The Labute approximate surface area is 107 Å². The van der Waals surface area contributed by atoms with Crippen LogP contribution in [0.3, 0.4) is 0 Å². The molecule has 1 unspecified atom stereocenters. The van der Waals surface area contributed by atoms with Gasteiger partial charge in [0.05, 0.1) is 23.4 Å². The van der Waals surface area contributed by atoms with Crippen LogP contribution in [0.5, 0.6) is 0 Å². The Kier molecular flexibility index (Phi) is 5.15. The van der Waals surface area contributed by atoms with Gasteiger partial charge in [0.25, 0.3) is 0 Å². The zero-order valence-corrected chi connectivity index (χ0v) is 11.0. The summed E-state index contributed by atoms with van der Waals surface area (Å²) in [5.41, 5.74) is 6.56. The minimum absolute atomic E-state index is 0.0273. The summed E-state index contributed by atoms with van der Waals surface area (Å²) in [7, 11) is 1.75. The molecule has 0 radical (unpaired) electrons. The lowest BCUT2D eigenvalue weighted by atomic mass is 10.0. The normalized spacial score (nSPS) is 12.1. The average molecular weight is 254 g/mol. The molecule has 0 bridgehead atoms. The summed E-state index contributed by atoms with van der Waals surface area (Å²) >= 11 is 4.94. The second kappa shape index (κ2) is 6.39. The third-order valence-electron chi connectivity index (χ3n) is 2.59. The molecule has 17 heavy (non-hydrogen) atoms. The highest BCUT2D eigenvalue weighted by atomic mass is 32.1. The molecule has 1 heterocycles. The Morgan fingerprint density at radius 2 is 2.35 bits per heavy atom. The largest absolute Gasteiger partial charge is 0.472 e. The lowest BCUT2D eigenvalue weighted by Crippen LogP contribution is -2.38.